The van der Waals surface area contributed by atoms with Crippen molar-refractivity contribution in [1.82, 2.24) is 15.3 Å². The van der Waals surface area contributed by atoms with E-state index in [2.05, 4.69) is 24.2 Å². The molecule has 7 rings (SSSR count). The molecule has 6 atom stereocenters. The third kappa shape index (κ3) is 5.38. The first-order chi connectivity index (χ1) is 24.0. The predicted molar refractivity (Wildman–Crippen MR) is 191 cm³/mol. The van der Waals surface area contributed by atoms with E-state index in [9.17, 15) is 14.9 Å². The van der Waals surface area contributed by atoms with Gasteiger partial charge in [-0.1, -0.05) is 17.8 Å². The number of nitrogens with zero attached hydrogens (tertiary/aromatic N) is 5. The van der Waals surface area contributed by atoms with Gasteiger partial charge in [0, 0.05) is 38.9 Å². The van der Waals surface area contributed by atoms with E-state index in [1.807, 2.05) is 20.2 Å². The third-order valence-electron chi connectivity index (χ3n) is 11.7. The summed E-state index contributed by atoms with van der Waals surface area (Å²) in [4.78, 5) is 40.5. The summed E-state index contributed by atoms with van der Waals surface area (Å²) in [5.74, 6) is 2.88. The Morgan fingerprint density at radius 3 is 2.70 bits per heavy atom. The number of Topliss-reactive ketones (excluding diaryl/α,β-unsaturated/α-hetero) is 1. The Morgan fingerprint density at radius 2 is 2.04 bits per heavy atom. The number of ketones is 1. The lowest BCUT2D eigenvalue weighted by molar-refractivity contribution is -0.325. The second-order valence-electron chi connectivity index (χ2n) is 14.7. The molecule has 5 aliphatic rings. The lowest BCUT2D eigenvalue weighted by atomic mass is 9.62. The molecule has 50 heavy (non-hydrogen) atoms. The van der Waals surface area contributed by atoms with Crippen molar-refractivity contribution < 1.29 is 23.6 Å². The van der Waals surface area contributed by atoms with E-state index in [1.54, 1.807) is 7.05 Å². The van der Waals surface area contributed by atoms with Crippen LogP contribution in [-0.2, 0) is 16.6 Å². The molecule has 3 aliphatic carbocycles. The van der Waals surface area contributed by atoms with Gasteiger partial charge in [-0.05, 0) is 83.2 Å². The number of rotatable bonds is 10. The van der Waals surface area contributed by atoms with Crippen LogP contribution in [0.4, 0.5) is 21.3 Å². The van der Waals surface area contributed by atoms with Gasteiger partial charge < -0.3 is 26.3 Å². The van der Waals surface area contributed by atoms with Crippen LogP contribution in [0.5, 0.6) is 5.88 Å². The van der Waals surface area contributed by atoms with Gasteiger partial charge in [0.05, 0.1) is 32.0 Å². The molecule has 2 aromatic rings. The molecule has 1 saturated carbocycles. The molecule has 2 aliphatic heterocycles. The van der Waals surface area contributed by atoms with Gasteiger partial charge in [0.15, 0.2) is 6.10 Å². The zero-order valence-corrected chi connectivity index (χ0v) is 30.0. The smallest absolute Gasteiger partial charge is 0.448 e. The zero-order chi connectivity index (χ0) is 35.5. The van der Waals surface area contributed by atoms with E-state index in [0.717, 1.165) is 42.5 Å². The number of terminal acetylenes is 1. The minimum absolute atomic E-state index is 0.0446. The van der Waals surface area contributed by atoms with Crippen molar-refractivity contribution >= 4 is 45.9 Å². The minimum atomic E-state index is -0.673. The van der Waals surface area contributed by atoms with E-state index in [0.29, 0.717) is 78.4 Å². The number of nitrogens with one attached hydrogen (secondary N) is 1. The molecule has 5 N–H and O–H groups in total. The van der Waals surface area contributed by atoms with Crippen LogP contribution in [-0.4, -0.2) is 72.0 Å². The van der Waals surface area contributed by atoms with Crippen LogP contribution in [0.3, 0.4) is 0 Å². The first-order valence-electron chi connectivity index (χ1n) is 17.6. The molecule has 12 nitrogen and oxygen atoms in total. The van der Waals surface area contributed by atoms with Crippen LogP contribution in [0.1, 0.15) is 91.8 Å². The number of urea groups is 1. The summed E-state index contributed by atoms with van der Waals surface area (Å²) in [5, 5.41) is 13.8. The maximum atomic E-state index is 14.6. The fraction of sp³-hybridized carbons (Fsp3) is 0.568. The van der Waals surface area contributed by atoms with Gasteiger partial charge in [-0.15, -0.1) is 17.8 Å². The Kier molecular flexibility index (Phi) is 8.74. The summed E-state index contributed by atoms with van der Waals surface area (Å²) >= 11 is 1.44. The normalized spacial score (nSPS) is 27.7. The van der Waals surface area contributed by atoms with Crippen LogP contribution in [0, 0.1) is 40.9 Å². The number of hydrogen-bond acceptors (Lipinski definition) is 11. The number of carbonyl (C=O) groups is 2. The molecule has 1 saturated heterocycles. The highest BCUT2D eigenvalue weighted by molar-refractivity contribution is 7.16. The van der Waals surface area contributed by atoms with Gasteiger partial charge in [-0.2, -0.15) is 14.8 Å². The minimum Gasteiger partial charge on any atom is -0.458 e. The number of amides is 2. The topological polar surface area (TPSA) is 172 Å². The van der Waals surface area contributed by atoms with Crippen molar-refractivity contribution in [1.29, 1.82) is 5.26 Å². The van der Waals surface area contributed by atoms with Crippen LogP contribution in [0.2, 0.25) is 0 Å². The van der Waals surface area contributed by atoms with E-state index in [1.165, 1.54) is 20.8 Å². The van der Waals surface area contributed by atoms with E-state index >= 15 is 0 Å². The number of nitriles is 1. The van der Waals surface area contributed by atoms with Gasteiger partial charge in [0.2, 0.25) is 11.5 Å². The molecular formula is C37H45N8O4S+. The van der Waals surface area contributed by atoms with Gasteiger partial charge in [0.25, 0.3) is 11.7 Å². The number of fused-ring (bicyclic) bond motifs is 4. The van der Waals surface area contributed by atoms with Crippen molar-refractivity contribution in [2.45, 2.75) is 89.2 Å². The summed E-state index contributed by atoms with van der Waals surface area (Å²) in [7, 11) is 3.57. The summed E-state index contributed by atoms with van der Waals surface area (Å²) in [6.45, 7) is 5.31. The highest BCUT2D eigenvalue weighted by Gasteiger charge is 2.60. The SMILES string of the molecule is C#C[C@H](Oc1nc(C(=O)C2=C(N)[C@@]3(CCC2)CCCc2sc(N)c(C#N)c23)nc2c1N(C)C(=O)/[N+]2=C\C12COCC1C2)[C@@H](C)CC[C@H](C)NC. The number of thiophene rings is 1. The average molecular weight is 698 g/mol. The molecule has 0 aromatic carbocycles. The summed E-state index contributed by atoms with van der Waals surface area (Å²) in [6.07, 6.45) is 14.1. The number of carbonyl (C=O) groups excluding carboxylic acids is 2. The number of nitrogens with two attached hydrogens (primary N) is 2. The fourth-order valence-electron chi connectivity index (χ4n) is 8.40. The Morgan fingerprint density at radius 1 is 1.28 bits per heavy atom. The van der Waals surface area contributed by atoms with Crippen LogP contribution in [0.25, 0.3) is 0 Å². The second kappa shape index (κ2) is 12.8. The van der Waals surface area contributed by atoms with Gasteiger partial charge >= 0.3 is 11.8 Å². The second-order valence-corrected chi connectivity index (χ2v) is 15.9. The quantitative estimate of drug-likeness (QED) is 0.181. The van der Waals surface area contributed by atoms with Gasteiger partial charge in [-0.25, -0.2) is 9.69 Å². The molecule has 13 heteroatoms. The van der Waals surface area contributed by atoms with Gasteiger partial charge in [-0.3, -0.25) is 4.79 Å². The lowest BCUT2D eigenvalue weighted by Gasteiger charge is -2.42. The Labute approximate surface area is 296 Å². The number of nitrogen functional groups attached to an aromatic ring is 1. The first kappa shape index (κ1) is 34.2. The largest absolute Gasteiger partial charge is 0.458 e. The van der Waals surface area contributed by atoms with E-state index in [4.69, 9.17) is 37.3 Å². The third-order valence-corrected chi connectivity index (χ3v) is 12.7. The molecule has 0 radical (unpaired) electrons. The number of anilines is 2. The maximum absolute atomic E-state index is 14.6. The fourth-order valence-corrected chi connectivity index (χ4v) is 9.56. The number of hydrogen-bond donors (Lipinski definition) is 3. The predicted octanol–water partition coefficient (Wildman–Crippen LogP) is 4.57. The maximum Gasteiger partial charge on any atom is 0.448 e. The van der Waals surface area contributed by atoms with Crippen LogP contribution in [0.15, 0.2) is 11.3 Å². The zero-order valence-electron chi connectivity index (χ0n) is 29.2. The van der Waals surface area contributed by atoms with Crippen LogP contribution >= 0.6 is 11.3 Å². The highest BCUT2D eigenvalue weighted by atomic mass is 32.1. The molecule has 262 valence electrons. The number of aromatic nitrogens is 2. The van der Waals surface area contributed by atoms with Crippen molar-refractivity contribution in [3.8, 4) is 24.3 Å². The molecule has 2 unspecified atom stereocenters. The molecule has 4 heterocycles. The van der Waals surface area contributed by atoms with Crippen molar-refractivity contribution in [3.63, 3.8) is 0 Å². The van der Waals surface area contributed by atoms with E-state index < -0.39 is 17.3 Å². The number of ether oxygens (including phenoxy) is 2. The molecule has 0 bridgehead atoms. The average Bonchev–Trinajstić information content (AvgIpc) is 3.33. The van der Waals surface area contributed by atoms with Crippen LogP contribution < -0.4 is 26.4 Å². The molecule has 1 spiro atoms. The Bertz CT molecular complexity index is 1920. The number of aryl methyl sites for hydroxylation is 1. The summed E-state index contributed by atoms with van der Waals surface area (Å²) in [5.41, 5.74) is 15.0. The standard InChI is InChI=1S/C37H44N8O4S/c1-6-25(20(2)11-12-21(3)41-4)49-34-28-33(45(35(47)44(28)5)18-36-15-22(36)17-48-19-36)42-32(43-34)29(46)23-9-7-13-37(30(23)39)14-8-10-26-27(37)24(16-38)31(40)50-26/h1,18,20-22,25,41H,7-15,17,19,40H2,2-5H3,(H-,39,46)/p+1/b45-18-/t20-,21-,22?,25-,36?,37-/m0/s1. The number of allylic oxidation sites excluding steroid dienone is 2. The summed E-state index contributed by atoms with van der Waals surface area (Å²) in [6, 6.07) is 2.29. The van der Waals surface area contributed by atoms with Gasteiger partial charge in [0.1, 0.15) is 11.1 Å². The van der Waals surface area contributed by atoms with E-state index in [-0.39, 0.29) is 34.9 Å². The molecule has 2 aromatic heterocycles. The lowest BCUT2D eigenvalue weighted by Crippen LogP contribution is -2.41. The highest BCUT2D eigenvalue weighted by Crippen LogP contribution is 2.56. The molecule has 2 fully saturated rings. The first-order valence-corrected chi connectivity index (χ1v) is 18.4. The monoisotopic (exact) mass is 697 g/mol. The van der Waals surface area contributed by atoms with Crippen molar-refractivity contribution in [2.24, 2.45) is 23.0 Å². The summed E-state index contributed by atoms with van der Waals surface area (Å²) < 4.78 is 13.7. The van der Waals surface area contributed by atoms with Crippen molar-refractivity contribution in [3.05, 3.63) is 33.1 Å². The Hall–Kier alpha value is -4.30. The molecule has 2 amide bonds. The van der Waals surface area contributed by atoms with Crippen molar-refractivity contribution in [2.75, 3.05) is 37.9 Å². The molecular weight excluding hydrogens is 653 g/mol. The Balaban J connectivity index is 1.33.